The van der Waals surface area contributed by atoms with Crippen molar-refractivity contribution in [1.29, 1.82) is 0 Å². The molecule has 2 N–H and O–H groups in total. The van der Waals surface area contributed by atoms with Crippen LogP contribution in [-0.4, -0.2) is 70.7 Å². The Labute approximate surface area is 166 Å². The lowest BCUT2D eigenvalue weighted by Crippen LogP contribution is -2.51. The van der Waals surface area contributed by atoms with Crippen LogP contribution in [0.25, 0.3) is 6.08 Å². The lowest BCUT2D eigenvalue weighted by molar-refractivity contribution is -0.159. The second-order valence-corrected chi connectivity index (χ2v) is 8.00. The first kappa shape index (κ1) is 20.6. The standard InChI is InChI=1S/C20H28N2.C2H2O4/c1-2-5-17(6-3-1)7-4-10-21-11-13-22(14-12-21)20-16-18-8-9-19(20)15-18;3-1(4)2(5)6/h1-7,18-20H,8-16H2;(H,3,4)(H,5,6). The molecule has 1 saturated heterocycles. The highest BCUT2D eigenvalue weighted by Crippen LogP contribution is 2.46. The summed E-state index contributed by atoms with van der Waals surface area (Å²) in [5.74, 6) is -1.54. The number of carboxylic acid groups (broad SMARTS) is 2. The summed E-state index contributed by atoms with van der Waals surface area (Å²) in [4.78, 5) is 23.6. The van der Waals surface area contributed by atoms with Gasteiger partial charge in [0.05, 0.1) is 0 Å². The van der Waals surface area contributed by atoms with Gasteiger partial charge in [-0.2, -0.15) is 0 Å². The molecule has 3 aliphatic rings. The van der Waals surface area contributed by atoms with Crippen molar-refractivity contribution >= 4 is 18.0 Å². The summed E-state index contributed by atoms with van der Waals surface area (Å²) in [6, 6.07) is 11.6. The van der Waals surface area contributed by atoms with Gasteiger partial charge >= 0.3 is 11.9 Å². The van der Waals surface area contributed by atoms with E-state index in [0.29, 0.717) is 0 Å². The number of rotatable bonds is 4. The SMILES string of the molecule is C(=Cc1ccccc1)CN1CCN(C2CC3CCC2C3)CC1.O=C(O)C(=O)O. The van der Waals surface area contributed by atoms with Gasteiger partial charge in [-0.1, -0.05) is 48.9 Å². The molecule has 0 aromatic heterocycles. The van der Waals surface area contributed by atoms with Crippen molar-refractivity contribution in [2.75, 3.05) is 32.7 Å². The lowest BCUT2D eigenvalue weighted by Gasteiger charge is -2.40. The van der Waals surface area contributed by atoms with Gasteiger partial charge in [-0.15, -0.1) is 0 Å². The fourth-order valence-electron chi connectivity index (χ4n) is 4.84. The van der Waals surface area contributed by atoms with E-state index >= 15 is 0 Å². The van der Waals surface area contributed by atoms with Crippen LogP contribution in [0.2, 0.25) is 0 Å². The zero-order valence-corrected chi connectivity index (χ0v) is 16.2. The summed E-state index contributed by atoms with van der Waals surface area (Å²) in [5.41, 5.74) is 1.31. The molecule has 28 heavy (non-hydrogen) atoms. The molecule has 0 amide bonds. The van der Waals surface area contributed by atoms with E-state index in [-0.39, 0.29) is 0 Å². The molecule has 2 bridgehead atoms. The average molecular weight is 386 g/mol. The van der Waals surface area contributed by atoms with Crippen LogP contribution >= 0.6 is 0 Å². The Kier molecular flexibility index (Phi) is 7.23. The van der Waals surface area contributed by atoms with Crippen LogP contribution in [0.5, 0.6) is 0 Å². The van der Waals surface area contributed by atoms with Crippen molar-refractivity contribution in [1.82, 2.24) is 9.80 Å². The minimum Gasteiger partial charge on any atom is -0.473 e. The monoisotopic (exact) mass is 386 g/mol. The molecule has 152 valence electrons. The topological polar surface area (TPSA) is 81.1 Å². The van der Waals surface area contributed by atoms with Crippen molar-refractivity contribution < 1.29 is 19.8 Å². The van der Waals surface area contributed by atoms with E-state index in [9.17, 15) is 0 Å². The zero-order chi connectivity index (χ0) is 19.9. The number of fused-ring (bicyclic) bond motifs is 2. The van der Waals surface area contributed by atoms with E-state index in [1.807, 2.05) is 0 Å². The molecule has 1 heterocycles. The smallest absolute Gasteiger partial charge is 0.414 e. The van der Waals surface area contributed by atoms with Crippen LogP contribution in [0.1, 0.15) is 31.2 Å². The van der Waals surface area contributed by atoms with Crippen LogP contribution in [0.3, 0.4) is 0 Å². The van der Waals surface area contributed by atoms with Crippen LogP contribution in [0.4, 0.5) is 0 Å². The Balaban J connectivity index is 0.000000330. The van der Waals surface area contributed by atoms with E-state index in [1.54, 1.807) is 0 Å². The Morgan fingerprint density at radius 3 is 2.18 bits per heavy atom. The number of hydrogen-bond donors (Lipinski definition) is 2. The summed E-state index contributed by atoms with van der Waals surface area (Å²) in [5, 5.41) is 14.8. The molecule has 0 spiro atoms. The summed E-state index contributed by atoms with van der Waals surface area (Å²) in [7, 11) is 0. The fraction of sp³-hybridized carbons (Fsp3) is 0.545. The number of hydrogen-bond acceptors (Lipinski definition) is 4. The highest BCUT2D eigenvalue weighted by atomic mass is 16.4. The maximum Gasteiger partial charge on any atom is 0.414 e. The Hall–Kier alpha value is -2.18. The minimum atomic E-state index is -1.82. The van der Waals surface area contributed by atoms with Gasteiger partial charge in [-0.3, -0.25) is 9.80 Å². The minimum absolute atomic E-state index is 0.931. The van der Waals surface area contributed by atoms with Crippen molar-refractivity contribution in [3.8, 4) is 0 Å². The first-order valence-electron chi connectivity index (χ1n) is 10.2. The van der Waals surface area contributed by atoms with Crippen molar-refractivity contribution in [3.63, 3.8) is 0 Å². The van der Waals surface area contributed by atoms with Gasteiger partial charge in [0, 0.05) is 38.8 Å². The molecule has 3 atom stereocenters. The summed E-state index contributed by atoms with van der Waals surface area (Å²) >= 11 is 0. The molecule has 6 heteroatoms. The third kappa shape index (κ3) is 5.66. The number of aliphatic carboxylic acids is 2. The number of nitrogens with zero attached hydrogens (tertiary/aromatic N) is 2. The fourth-order valence-corrected chi connectivity index (χ4v) is 4.84. The lowest BCUT2D eigenvalue weighted by atomic mass is 9.93. The van der Waals surface area contributed by atoms with Gasteiger partial charge in [0.25, 0.3) is 0 Å². The highest BCUT2D eigenvalue weighted by molar-refractivity contribution is 6.27. The van der Waals surface area contributed by atoms with Crippen molar-refractivity contribution in [3.05, 3.63) is 42.0 Å². The van der Waals surface area contributed by atoms with Crippen LogP contribution in [-0.2, 0) is 9.59 Å². The Bertz CT molecular complexity index is 671. The predicted octanol–water partition coefficient (Wildman–Crippen LogP) is 2.66. The molecular weight excluding hydrogens is 356 g/mol. The van der Waals surface area contributed by atoms with E-state index in [2.05, 4.69) is 52.3 Å². The molecule has 0 radical (unpaired) electrons. The van der Waals surface area contributed by atoms with E-state index < -0.39 is 11.9 Å². The molecule has 1 aliphatic heterocycles. The maximum atomic E-state index is 9.10. The second kappa shape index (κ2) is 9.85. The molecule has 3 unspecified atom stereocenters. The van der Waals surface area contributed by atoms with Gasteiger partial charge in [-0.05, 0) is 36.7 Å². The number of benzene rings is 1. The van der Waals surface area contributed by atoms with E-state index in [0.717, 1.165) is 24.4 Å². The van der Waals surface area contributed by atoms with Gasteiger partial charge in [-0.25, -0.2) is 9.59 Å². The van der Waals surface area contributed by atoms with Crippen LogP contribution in [0.15, 0.2) is 36.4 Å². The number of carboxylic acids is 2. The van der Waals surface area contributed by atoms with Gasteiger partial charge in [0.1, 0.15) is 0 Å². The maximum absolute atomic E-state index is 9.10. The molecule has 4 rings (SSSR count). The summed E-state index contributed by atoms with van der Waals surface area (Å²) < 4.78 is 0. The largest absolute Gasteiger partial charge is 0.473 e. The molecule has 2 saturated carbocycles. The van der Waals surface area contributed by atoms with E-state index in [1.165, 1.54) is 57.4 Å². The molecule has 6 nitrogen and oxygen atoms in total. The third-order valence-electron chi connectivity index (χ3n) is 6.23. The molecule has 3 fully saturated rings. The van der Waals surface area contributed by atoms with Crippen molar-refractivity contribution in [2.45, 2.75) is 31.7 Å². The van der Waals surface area contributed by atoms with Gasteiger partial charge in [0.15, 0.2) is 0 Å². The predicted molar refractivity (Wildman–Crippen MR) is 108 cm³/mol. The summed E-state index contributed by atoms with van der Waals surface area (Å²) in [6.07, 6.45) is 10.6. The van der Waals surface area contributed by atoms with E-state index in [4.69, 9.17) is 19.8 Å². The van der Waals surface area contributed by atoms with Crippen LogP contribution < -0.4 is 0 Å². The first-order valence-corrected chi connectivity index (χ1v) is 10.2. The van der Waals surface area contributed by atoms with Crippen molar-refractivity contribution in [2.24, 2.45) is 11.8 Å². The summed E-state index contributed by atoms with van der Waals surface area (Å²) in [6.45, 7) is 6.15. The molecule has 2 aliphatic carbocycles. The number of piperazine rings is 1. The zero-order valence-electron chi connectivity index (χ0n) is 16.2. The molecular formula is C22H30N2O4. The first-order chi connectivity index (χ1) is 13.5. The Morgan fingerprint density at radius 2 is 1.64 bits per heavy atom. The van der Waals surface area contributed by atoms with Crippen LogP contribution in [0, 0.1) is 11.8 Å². The average Bonchev–Trinajstić information content (AvgIpc) is 3.33. The third-order valence-corrected chi connectivity index (χ3v) is 6.23. The number of carbonyl (C=O) groups is 2. The van der Waals surface area contributed by atoms with Gasteiger partial charge < -0.3 is 10.2 Å². The molecule has 1 aromatic rings. The Morgan fingerprint density at radius 1 is 0.964 bits per heavy atom. The quantitative estimate of drug-likeness (QED) is 0.775. The second-order valence-electron chi connectivity index (χ2n) is 8.00. The normalized spacial score (nSPS) is 27.5. The van der Waals surface area contributed by atoms with Gasteiger partial charge in [0.2, 0.25) is 0 Å². The highest BCUT2D eigenvalue weighted by Gasteiger charge is 2.42. The molecule has 1 aromatic carbocycles.